The maximum atomic E-state index is 12.8. The Kier molecular flexibility index (Phi) is 6.32. The van der Waals surface area contributed by atoms with Gasteiger partial charge in [-0.25, -0.2) is 4.68 Å². The molecule has 31 heavy (non-hydrogen) atoms. The second-order valence-corrected chi connectivity index (χ2v) is 10.9. The predicted molar refractivity (Wildman–Crippen MR) is 128 cm³/mol. The first-order valence-corrected chi connectivity index (χ1v) is 12.1. The fraction of sp³-hybridized carbons (Fsp3) is 0.542. The zero-order valence-electron chi connectivity index (χ0n) is 18.2. The first-order chi connectivity index (χ1) is 14.7. The largest absolute Gasteiger partial charge is 0.380 e. The molecular formula is C24H29BrClN3O2. The van der Waals surface area contributed by atoms with Crippen LogP contribution in [0.4, 0.5) is 5.69 Å². The number of hydrogen-bond acceptors (Lipinski definition) is 4. The number of nitrogens with zero attached hydrogens (tertiary/aromatic N) is 2. The summed E-state index contributed by atoms with van der Waals surface area (Å²) in [5.41, 5.74) is 1.90. The number of carbonyl (C=O) groups excluding carboxylic acids is 1. The van der Waals surface area contributed by atoms with Gasteiger partial charge in [-0.3, -0.25) is 9.59 Å². The molecule has 5 rings (SSSR count). The van der Waals surface area contributed by atoms with E-state index in [1.54, 1.807) is 6.20 Å². The number of nitrogens with one attached hydrogen (secondary N) is 1. The summed E-state index contributed by atoms with van der Waals surface area (Å²) in [4.78, 5) is 25.2. The quantitative estimate of drug-likeness (QED) is 0.550. The summed E-state index contributed by atoms with van der Waals surface area (Å²) in [7, 11) is 0. The summed E-state index contributed by atoms with van der Waals surface area (Å²) in [6.45, 7) is 7.03. The summed E-state index contributed by atoms with van der Waals surface area (Å²) in [6, 6.07) is 7.79. The summed E-state index contributed by atoms with van der Waals surface area (Å²) < 4.78 is 1.68. The fourth-order valence-corrected chi connectivity index (χ4v) is 5.95. The first-order valence-electron chi connectivity index (χ1n) is 10.9. The number of anilines is 1. The van der Waals surface area contributed by atoms with Crippen molar-refractivity contribution in [1.82, 2.24) is 9.78 Å². The molecule has 0 radical (unpaired) electrons. The third-order valence-electron chi connectivity index (χ3n) is 7.61. The highest BCUT2D eigenvalue weighted by Gasteiger charge is 2.56. The predicted octanol–water partition coefficient (Wildman–Crippen LogP) is 5.34. The molecule has 0 spiro atoms. The van der Waals surface area contributed by atoms with Crippen molar-refractivity contribution in [3.63, 3.8) is 0 Å². The van der Waals surface area contributed by atoms with Crippen molar-refractivity contribution in [2.24, 2.45) is 23.2 Å². The monoisotopic (exact) mass is 505 g/mol. The van der Waals surface area contributed by atoms with E-state index in [1.807, 2.05) is 24.3 Å². The molecule has 4 atom stereocenters. The third-order valence-corrected chi connectivity index (χ3v) is 8.63. The molecule has 3 fully saturated rings. The SMILES string of the molecule is C[C@H]1[C@H](Nc2cnn(CC(=O)CCc3ccc(Cl)cc3)c(=O)c2Br)C[C@H]2C[C@@H]1C2(C)C. The van der Waals surface area contributed by atoms with Gasteiger partial charge in [-0.15, -0.1) is 0 Å². The van der Waals surface area contributed by atoms with Gasteiger partial charge in [-0.2, -0.15) is 5.10 Å². The lowest BCUT2D eigenvalue weighted by atomic mass is 9.45. The Morgan fingerprint density at radius 1 is 1.29 bits per heavy atom. The number of ketones is 1. The molecule has 1 aromatic carbocycles. The highest BCUT2D eigenvalue weighted by molar-refractivity contribution is 9.10. The minimum Gasteiger partial charge on any atom is -0.380 e. The zero-order valence-corrected chi connectivity index (χ0v) is 20.5. The molecule has 1 aromatic heterocycles. The molecule has 7 heteroatoms. The lowest BCUT2D eigenvalue weighted by Crippen LogP contribution is -2.58. The summed E-state index contributed by atoms with van der Waals surface area (Å²) in [5.74, 6) is 1.97. The average molecular weight is 507 g/mol. The number of aryl methyl sites for hydroxylation is 1. The van der Waals surface area contributed by atoms with Crippen LogP contribution in [0.3, 0.4) is 0 Å². The second-order valence-electron chi connectivity index (χ2n) is 9.71. The van der Waals surface area contributed by atoms with Crippen LogP contribution in [0.25, 0.3) is 0 Å². The summed E-state index contributed by atoms with van der Waals surface area (Å²) in [5, 5.41) is 8.49. The molecule has 0 aliphatic heterocycles. The van der Waals surface area contributed by atoms with Crippen molar-refractivity contribution in [3.8, 4) is 0 Å². The molecule has 166 valence electrons. The Labute approximate surface area is 196 Å². The van der Waals surface area contributed by atoms with E-state index in [4.69, 9.17) is 11.6 Å². The van der Waals surface area contributed by atoms with Crippen LogP contribution in [0.1, 0.15) is 45.6 Å². The van der Waals surface area contributed by atoms with Gasteiger partial charge in [0.25, 0.3) is 5.56 Å². The van der Waals surface area contributed by atoms with Crippen molar-refractivity contribution in [3.05, 3.63) is 55.9 Å². The lowest BCUT2D eigenvalue weighted by Gasteiger charge is -2.62. The van der Waals surface area contributed by atoms with E-state index in [0.29, 0.717) is 51.3 Å². The summed E-state index contributed by atoms with van der Waals surface area (Å²) in [6.07, 6.45) is 5.06. The summed E-state index contributed by atoms with van der Waals surface area (Å²) >= 11 is 9.33. The Morgan fingerprint density at radius 2 is 2.00 bits per heavy atom. The van der Waals surface area contributed by atoms with Crippen LogP contribution in [0.2, 0.25) is 5.02 Å². The molecule has 3 saturated carbocycles. The molecule has 3 aliphatic carbocycles. The average Bonchev–Trinajstić information content (AvgIpc) is 2.74. The van der Waals surface area contributed by atoms with Crippen LogP contribution >= 0.6 is 27.5 Å². The van der Waals surface area contributed by atoms with E-state index in [-0.39, 0.29) is 17.9 Å². The van der Waals surface area contributed by atoms with Crippen LogP contribution in [-0.4, -0.2) is 21.6 Å². The maximum Gasteiger partial charge on any atom is 0.283 e. The third kappa shape index (κ3) is 4.47. The van der Waals surface area contributed by atoms with Crippen LogP contribution in [0.5, 0.6) is 0 Å². The van der Waals surface area contributed by atoms with Crippen LogP contribution in [0, 0.1) is 23.2 Å². The van der Waals surface area contributed by atoms with E-state index in [9.17, 15) is 9.59 Å². The van der Waals surface area contributed by atoms with Gasteiger partial charge in [0.1, 0.15) is 11.0 Å². The fourth-order valence-electron chi connectivity index (χ4n) is 5.40. The van der Waals surface area contributed by atoms with Gasteiger partial charge in [0, 0.05) is 17.5 Å². The second kappa shape index (κ2) is 8.70. The first kappa shape index (κ1) is 22.5. The van der Waals surface area contributed by atoms with E-state index in [2.05, 4.69) is 47.1 Å². The van der Waals surface area contributed by atoms with E-state index >= 15 is 0 Å². The van der Waals surface area contributed by atoms with Crippen molar-refractivity contribution >= 4 is 39.0 Å². The highest BCUT2D eigenvalue weighted by atomic mass is 79.9. The Morgan fingerprint density at radius 3 is 2.65 bits per heavy atom. The van der Waals surface area contributed by atoms with E-state index in [1.165, 1.54) is 11.1 Å². The minimum atomic E-state index is -0.279. The van der Waals surface area contributed by atoms with Crippen LogP contribution in [0.15, 0.2) is 39.7 Å². The molecule has 5 nitrogen and oxygen atoms in total. The molecule has 0 amide bonds. The number of Topliss-reactive ketones (excluding diaryl/α,β-unsaturated/α-hetero) is 1. The highest BCUT2D eigenvalue weighted by Crippen LogP contribution is 2.61. The van der Waals surface area contributed by atoms with E-state index in [0.717, 1.165) is 17.9 Å². The number of rotatable bonds is 7. The van der Waals surface area contributed by atoms with Crippen molar-refractivity contribution in [1.29, 1.82) is 0 Å². The Bertz CT molecular complexity index is 1030. The minimum absolute atomic E-state index is 0.0243. The standard InChI is InChI=1S/C24H29BrClN3O2/c1-14-19-10-16(24(19,2)3)11-20(14)28-21-12-27-29(23(31)22(21)25)13-18(30)9-6-15-4-7-17(26)8-5-15/h4-5,7-8,12,14,16,19-20,28H,6,9-11,13H2,1-3H3/t14-,16-,19+,20-/m1/s1. The number of carbonyl (C=O) groups is 1. The van der Waals surface area contributed by atoms with Crippen LogP contribution in [-0.2, 0) is 17.8 Å². The van der Waals surface area contributed by atoms with Gasteiger partial charge < -0.3 is 5.32 Å². The molecular weight excluding hydrogens is 478 g/mol. The smallest absolute Gasteiger partial charge is 0.283 e. The van der Waals surface area contributed by atoms with Gasteiger partial charge in [-0.05, 0) is 76.1 Å². The molecule has 3 aliphatic rings. The number of hydrogen-bond donors (Lipinski definition) is 1. The molecule has 1 heterocycles. The lowest BCUT2D eigenvalue weighted by molar-refractivity contribution is -0.119. The van der Waals surface area contributed by atoms with Gasteiger partial charge >= 0.3 is 0 Å². The molecule has 2 aromatic rings. The van der Waals surface area contributed by atoms with Gasteiger partial charge in [0.05, 0.1) is 11.9 Å². The number of benzene rings is 1. The van der Waals surface area contributed by atoms with E-state index < -0.39 is 0 Å². The maximum absolute atomic E-state index is 12.8. The van der Waals surface area contributed by atoms with Crippen LogP contribution < -0.4 is 10.9 Å². The topological polar surface area (TPSA) is 64.0 Å². The van der Waals surface area contributed by atoms with Gasteiger partial charge in [0.15, 0.2) is 5.78 Å². The van der Waals surface area contributed by atoms with Gasteiger partial charge in [0.2, 0.25) is 0 Å². The molecule has 0 saturated heterocycles. The Balaban J connectivity index is 1.38. The molecule has 2 bridgehead atoms. The molecule has 0 unspecified atom stereocenters. The van der Waals surface area contributed by atoms with Crippen molar-refractivity contribution in [2.45, 2.75) is 59.0 Å². The van der Waals surface area contributed by atoms with Crippen molar-refractivity contribution < 1.29 is 4.79 Å². The number of halogens is 2. The van der Waals surface area contributed by atoms with Gasteiger partial charge in [-0.1, -0.05) is 44.5 Å². The molecule has 1 N–H and O–H groups in total. The normalized spacial score (nSPS) is 26.2. The van der Waals surface area contributed by atoms with Crippen molar-refractivity contribution in [2.75, 3.05) is 5.32 Å². The Hall–Kier alpha value is -1.66. The number of aromatic nitrogens is 2. The zero-order chi connectivity index (χ0) is 22.3. The number of fused-ring (bicyclic) bond motifs is 2.